The van der Waals surface area contributed by atoms with E-state index in [2.05, 4.69) is 31.4 Å². The van der Waals surface area contributed by atoms with Crippen LogP contribution in [0, 0.1) is 10.1 Å². The molecular formula is C21H16BrClN4O5. The Balaban J connectivity index is 1.69. The summed E-state index contributed by atoms with van der Waals surface area (Å²) in [7, 11) is 1.50. The molecule has 164 valence electrons. The number of halogens is 2. The van der Waals surface area contributed by atoms with E-state index in [1.807, 2.05) is 0 Å². The summed E-state index contributed by atoms with van der Waals surface area (Å²) < 4.78 is 11.8. The van der Waals surface area contributed by atoms with Crippen LogP contribution in [0.4, 0.5) is 5.69 Å². The summed E-state index contributed by atoms with van der Waals surface area (Å²) in [6, 6.07) is 12.6. The number of nitrogens with one attached hydrogen (secondary N) is 1. The molecule has 3 rings (SSSR count). The van der Waals surface area contributed by atoms with Gasteiger partial charge in [-0.15, -0.1) is 0 Å². The monoisotopic (exact) mass is 518 g/mol. The Hall–Kier alpha value is -3.50. The number of ether oxygens (including phenoxy) is 2. The van der Waals surface area contributed by atoms with Crippen LogP contribution in [0.1, 0.15) is 21.5 Å². The van der Waals surface area contributed by atoms with Crippen LogP contribution in [0.2, 0.25) is 5.15 Å². The van der Waals surface area contributed by atoms with Crippen molar-refractivity contribution in [2.45, 2.75) is 6.61 Å². The van der Waals surface area contributed by atoms with Crippen molar-refractivity contribution in [2.75, 3.05) is 7.11 Å². The van der Waals surface area contributed by atoms with Crippen molar-refractivity contribution >= 4 is 45.3 Å². The summed E-state index contributed by atoms with van der Waals surface area (Å²) >= 11 is 9.34. The lowest BCUT2D eigenvalue weighted by molar-refractivity contribution is -0.384. The maximum absolute atomic E-state index is 12.2. The third-order valence-corrected chi connectivity index (χ3v) is 5.19. The van der Waals surface area contributed by atoms with E-state index in [1.165, 1.54) is 37.7 Å². The van der Waals surface area contributed by atoms with Crippen LogP contribution in [0.15, 0.2) is 64.3 Å². The van der Waals surface area contributed by atoms with Crippen LogP contribution in [0.3, 0.4) is 0 Å². The van der Waals surface area contributed by atoms with Crippen LogP contribution >= 0.6 is 27.5 Å². The minimum Gasteiger partial charge on any atom is -0.493 e. The molecule has 0 aliphatic carbocycles. The third-order valence-electron chi connectivity index (χ3n) is 4.20. The zero-order valence-electron chi connectivity index (χ0n) is 16.6. The Morgan fingerprint density at radius 3 is 2.69 bits per heavy atom. The molecule has 9 nitrogen and oxygen atoms in total. The van der Waals surface area contributed by atoms with Crippen molar-refractivity contribution in [3.8, 4) is 11.5 Å². The minimum absolute atomic E-state index is 0.00982. The van der Waals surface area contributed by atoms with E-state index in [0.717, 1.165) is 5.56 Å². The van der Waals surface area contributed by atoms with E-state index in [0.29, 0.717) is 21.5 Å². The minimum atomic E-state index is -0.495. The molecular weight excluding hydrogens is 504 g/mol. The van der Waals surface area contributed by atoms with Crippen molar-refractivity contribution in [2.24, 2.45) is 5.10 Å². The van der Waals surface area contributed by atoms with E-state index in [-0.39, 0.29) is 23.0 Å². The van der Waals surface area contributed by atoms with Gasteiger partial charge in [0.25, 0.3) is 11.6 Å². The van der Waals surface area contributed by atoms with Crippen LogP contribution in [0.5, 0.6) is 11.5 Å². The number of aromatic nitrogens is 1. The van der Waals surface area contributed by atoms with Gasteiger partial charge in [0.05, 0.1) is 23.8 Å². The summed E-state index contributed by atoms with van der Waals surface area (Å²) in [5.41, 5.74) is 4.00. The molecule has 32 heavy (non-hydrogen) atoms. The molecule has 0 unspecified atom stereocenters. The molecule has 3 aromatic rings. The lowest BCUT2D eigenvalue weighted by atomic mass is 10.2. The summed E-state index contributed by atoms with van der Waals surface area (Å²) in [6.07, 6.45) is 2.92. The number of benzene rings is 2. The number of carbonyl (C=O) groups excluding carboxylic acids is 1. The predicted octanol–water partition coefficient (Wildman–Crippen LogP) is 4.76. The SMILES string of the molecule is COc1cc(C=NNC(=O)c2cccnc2Cl)c(Br)cc1OCc1ccc([N+](=O)[O-])cc1. The van der Waals surface area contributed by atoms with Crippen molar-refractivity contribution in [3.05, 3.63) is 91.2 Å². The maximum atomic E-state index is 12.2. The fourth-order valence-electron chi connectivity index (χ4n) is 2.57. The fraction of sp³-hybridized carbons (Fsp3) is 0.0952. The first-order chi connectivity index (χ1) is 15.4. The number of nitro groups is 1. The first-order valence-corrected chi connectivity index (χ1v) is 10.2. The maximum Gasteiger partial charge on any atom is 0.274 e. The second kappa shape index (κ2) is 10.7. The second-order valence-corrected chi connectivity index (χ2v) is 7.49. The zero-order valence-corrected chi connectivity index (χ0v) is 19.0. The van der Waals surface area contributed by atoms with Gasteiger partial charge < -0.3 is 9.47 Å². The van der Waals surface area contributed by atoms with E-state index >= 15 is 0 Å². The first-order valence-electron chi connectivity index (χ1n) is 9.06. The summed E-state index contributed by atoms with van der Waals surface area (Å²) in [6.45, 7) is 0.191. The Morgan fingerprint density at radius 2 is 2.03 bits per heavy atom. The van der Waals surface area contributed by atoms with Gasteiger partial charge >= 0.3 is 0 Å². The molecule has 11 heteroatoms. The van der Waals surface area contributed by atoms with Crippen LogP contribution in [0.25, 0.3) is 0 Å². The number of nitro benzene ring substituents is 1. The predicted molar refractivity (Wildman–Crippen MR) is 122 cm³/mol. The van der Waals surface area contributed by atoms with Crippen molar-refractivity contribution < 1.29 is 19.2 Å². The number of hydrogen-bond donors (Lipinski definition) is 1. The molecule has 1 heterocycles. The second-order valence-electron chi connectivity index (χ2n) is 6.28. The molecule has 0 fully saturated rings. The van der Waals surface area contributed by atoms with Gasteiger partial charge in [-0.3, -0.25) is 14.9 Å². The molecule has 0 saturated carbocycles. The first kappa shape index (κ1) is 23.2. The van der Waals surface area contributed by atoms with E-state index in [4.69, 9.17) is 21.1 Å². The molecule has 1 amide bonds. The number of amides is 1. The molecule has 0 radical (unpaired) electrons. The molecule has 0 aliphatic rings. The van der Waals surface area contributed by atoms with Gasteiger partial charge in [-0.1, -0.05) is 11.6 Å². The highest BCUT2D eigenvalue weighted by atomic mass is 79.9. The van der Waals surface area contributed by atoms with Gasteiger partial charge in [-0.2, -0.15) is 5.10 Å². The molecule has 0 spiro atoms. The van der Waals surface area contributed by atoms with Gasteiger partial charge in [-0.05, 0) is 57.9 Å². The largest absolute Gasteiger partial charge is 0.493 e. The topological polar surface area (TPSA) is 116 Å². The summed E-state index contributed by atoms with van der Waals surface area (Å²) in [5, 5.41) is 14.8. The average Bonchev–Trinajstić information content (AvgIpc) is 2.79. The number of carbonyl (C=O) groups is 1. The average molecular weight is 520 g/mol. The van der Waals surface area contributed by atoms with Crippen LogP contribution in [-0.2, 0) is 6.61 Å². The molecule has 0 saturated heterocycles. The number of methoxy groups -OCH3 is 1. The van der Waals surface area contributed by atoms with E-state index in [1.54, 1.807) is 30.3 Å². The standard InChI is InChI=1S/C21H16BrClN4O5/c1-31-18-9-14(11-25-26-21(28)16-3-2-8-24-20(16)23)17(22)10-19(18)32-12-13-4-6-15(7-5-13)27(29)30/h2-11H,12H2,1H3,(H,26,28). The Labute approximate surface area is 196 Å². The lowest BCUT2D eigenvalue weighted by Crippen LogP contribution is -2.18. The number of rotatable bonds is 8. The van der Waals surface area contributed by atoms with Crippen LogP contribution < -0.4 is 14.9 Å². The van der Waals surface area contributed by atoms with Crippen LogP contribution in [-0.4, -0.2) is 29.1 Å². The van der Waals surface area contributed by atoms with Gasteiger partial charge in [0.15, 0.2) is 11.5 Å². The van der Waals surface area contributed by atoms with Crippen molar-refractivity contribution in [3.63, 3.8) is 0 Å². The van der Waals surface area contributed by atoms with Gasteiger partial charge in [0, 0.05) is 28.4 Å². The number of hydrogen-bond acceptors (Lipinski definition) is 7. The molecule has 2 aromatic carbocycles. The van der Waals surface area contributed by atoms with Crippen molar-refractivity contribution in [1.29, 1.82) is 0 Å². The molecule has 0 atom stereocenters. The molecule has 1 aromatic heterocycles. The van der Waals surface area contributed by atoms with Gasteiger partial charge in [0.2, 0.25) is 0 Å². The summed E-state index contributed by atoms with van der Waals surface area (Å²) in [5.74, 6) is 0.407. The smallest absolute Gasteiger partial charge is 0.274 e. The normalized spacial score (nSPS) is 10.7. The fourth-order valence-corrected chi connectivity index (χ4v) is 3.20. The third kappa shape index (κ3) is 5.80. The lowest BCUT2D eigenvalue weighted by Gasteiger charge is -2.12. The molecule has 0 aliphatic heterocycles. The molecule has 0 bridgehead atoms. The number of nitrogens with zero attached hydrogens (tertiary/aromatic N) is 3. The Morgan fingerprint density at radius 1 is 1.28 bits per heavy atom. The highest BCUT2D eigenvalue weighted by Gasteiger charge is 2.12. The highest BCUT2D eigenvalue weighted by Crippen LogP contribution is 2.33. The Kier molecular flexibility index (Phi) is 7.74. The van der Waals surface area contributed by atoms with Crippen molar-refractivity contribution in [1.82, 2.24) is 10.4 Å². The number of pyridine rings is 1. The molecule has 1 N–H and O–H groups in total. The quantitative estimate of drug-likeness (QED) is 0.199. The number of non-ortho nitro benzene ring substituents is 1. The zero-order chi connectivity index (χ0) is 23.1. The van der Waals surface area contributed by atoms with Gasteiger partial charge in [-0.25, -0.2) is 10.4 Å². The number of hydrazone groups is 1. The van der Waals surface area contributed by atoms with E-state index < -0.39 is 10.8 Å². The Bertz CT molecular complexity index is 1170. The van der Waals surface area contributed by atoms with E-state index in [9.17, 15) is 14.9 Å². The summed E-state index contributed by atoms with van der Waals surface area (Å²) in [4.78, 5) is 26.3. The highest BCUT2D eigenvalue weighted by molar-refractivity contribution is 9.10. The van der Waals surface area contributed by atoms with Gasteiger partial charge in [0.1, 0.15) is 11.8 Å².